The van der Waals surface area contributed by atoms with Gasteiger partial charge in [0.1, 0.15) is 11.5 Å². The lowest BCUT2D eigenvalue weighted by Crippen LogP contribution is -2.41. The minimum Gasteiger partial charge on any atom is -0.465 e. The number of guanidine groups is 1. The van der Waals surface area contributed by atoms with Gasteiger partial charge in [-0.25, -0.2) is 0 Å². The summed E-state index contributed by atoms with van der Waals surface area (Å²) in [5.41, 5.74) is 0. The first-order valence-corrected chi connectivity index (χ1v) is 8.45. The zero-order valence-electron chi connectivity index (χ0n) is 14.4. The molecule has 0 aliphatic carbocycles. The molecule has 0 spiro atoms. The predicted molar refractivity (Wildman–Crippen MR) is 91.2 cm³/mol. The molecular formula is C17H30N4O. The van der Waals surface area contributed by atoms with Crippen molar-refractivity contribution in [1.29, 1.82) is 0 Å². The van der Waals surface area contributed by atoms with Crippen LogP contribution in [0.1, 0.15) is 51.2 Å². The minimum atomic E-state index is 0.235. The van der Waals surface area contributed by atoms with Gasteiger partial charge in [-0.1, -0.05) is 0 Å². The zero-order chi connectivity index (χ0) is 15.9. The Balaban J connectivity index is 2.10. The van der Waals surface area contributed by atoms with Gasteiger partial charge in [0.15, 0.2) is 5.96 Å². The first kappa shape index (κ1) is 16.9. The largest absolute Gasteiger partial charge is 0.465 e. The van der Waals surface area contributed by atoms with Crippen molar-refractivity contribution in [1.82, 2.24) is 15.5 Å². The van der Waals surface area contributed by atoms with Crippen molar-refractivity contribution in [3.05, 3.63) is 23.7 Å². The van der Waals surface area contributed by atoms with Gasteiger partial charge in [-0.05, 0) is 65.8 Å². The molecule has 1 saturated heterocycles. The monoisotopic (exact) mass is 306 g/mol. The number of hydrogen-bond donors (Lipinski definition) is 2. The molecule has 22 heavy (non-hydrogen) atoms. The van der Waals surface area contributed by atoms with E-state index in [0.29, 0.717) is 6.04 Å². The molecule has 1 aliphatic rings. The first-order valence-electron chi connectivity index (χ1n) is 8.45. The third-order valence-electron chi connectivity index (χ3n) is 3.86. The molecule has 0 amide bonds. The van der Waals surface area contributed by atoms with Crippen LogP contribution in [0.2, 0.25) is 0 Å². The van der Waals surface area contributed by atoms with Gasteiger partial charge >= 0.3 is 0 Å². The summed E-state index contributed by atoms with van der Waals surface area (Å²) in [6.45, 7) is 12.2. The highest BCUT2D eigenvalue weighted by atomic mass is 16.3. The molecule has 0 radical (unpaired) electrons. The van der Waals surface area contributed by atoms with Gasteiger partial charge in [0.25, 0.3) is 0 Å². The highest BCUT2D eigenvalue weighted by Gasteiger charge is 2.25. The van der Waals surface area contributed by atoms with Crippen molar-refractivity contribution in [2.75, 3.05) is 26.2 Å². The van der Waals surface area contributed by atoms with Crippen LogP contribution in [0, 0.1) is 6.92 Å². The molecule has 1 aromatic rings. The van der Waals surface area contributed by atoms with Gasteiger partial charge in [0, 0.05) is 12.6 Å². The SMILES string of the molecule is CCNC(=NCC(c1ccc(C)o1)N1CCCC1)NC(C)C. The Morgan fingerprint density at radius 3 is 2.59 bits per heavy atom. The summed E-state index contributed by atoms with van der Waals surface area (Å²) in [5.74, 6) is 2.88. The van der Waals surface area contributed by atoms with Gasteiger partial charge in [-0.2, -0.15) is 0 Å². The standard InChI is InChI=1S/C17H30N4O/c1-5-18-17(20-13(2)3)19-12-15(21-10-6-7-11-21)16-9-8-14(4)22-16/h8-9,13,15H,5-7,10-12H2,1-4H3,(H2,18,19,20). The van der Waals surface area contributed by atoms with Gasteiger partial charge in [0.05, 0.1) is 12.6 Å². The van der Waals surface area contributed by atoms with E-state index in [0.717, 1.165) is 43.7 Å². The average Bonchev–Trinajstić information content (AvgIpc) is 3.11. The van der Waals surface area contributed by atoms with Crippen LogP contribution in [0.5, 0.6) is 0 Å². The maximum Gasteiger partial charge on any atom is 0.191 e. The molecule has 1 unspecified atom stereocenters. The van der Waals surface area contributed by atoms with Crippen LogP contribution in [0.3, 0.4) is 0 Å². The molecule has 0 bridgehead atoms. The van der Waals surface area contributed by atoms with E-state index in [1.165, 1.54) is 12.8 Å². The molecule has 2 rings (SSSR count). The maximum absolute atomic E-state index is 5.88. The lowest BCUT2D eigenvalue weighted by atomic mass is 10.2. The third-order valence-corrected chi connectivity index (χ3v) is 3.86. The smallest absolute Gasteiger partial charge is 0.191 e. The van der Waals surface area contributed by atoms with Gasteiger partial charge in [-0.3, -0.25) is 9.89 Å². The number of aliphatic imine (C=N–C) groups is 1. The van der Waals surface area contributed by atoms with Gasteiger partial charge < -0.3 is 15.1 Å². The summed E-state index contributed by atoms with van der Waals surface area (Å²) < 4.78 is 5.88. The van der Waals surface area contributed by atoms with E-state index in [-0.39, 0.29) is 6.04 Å². The topological polar surface area (TPSA) is 52.8 Å². The highest BCUT2D eigenvalue weighted by Crippen LogP contribution is 2.26. The van der Waals surface area contributed by atoms with Crippen molar-refractivity contribution in [3.8, 4) is 0 Å². The minimum absolute atomic E-state index is 0.235. The fourth-order valence-electron chi connectivity index (χ4n) is 2.84. The van der Waals surface area contributed by atoms with E-state index in [4.69, 9.17) is 9.41 Å². The number of likely N-dealkylation sites (tertiary alicyclic amines) is 1. The van der Waals surface area contributed by atoms with E-state index in [2.05, 4.69) is 42.4 Å². The van der Waals surface area contributed by atoms with E-state index < -0.39 is 0 Å². The molecule has 1 atom stereocenters. The summed E-state index contributed by atoms with van der Waals surface area (Å²) in [6.07, 6.45) is 2.54. The van der Waals surface area contributed by atoms with Crippen LogP contribution < -0.4 is 10.6 Å². The molecule has 1 fully saturated rings. The fourth-order valence-corrected chi connectivity index (χ4v) is 2.84. The lowest BCUT2D eigenvalue weighted by Gasteiger charge is -2.25. The maximum atomic E-state index is 5.88. The summed E-state index contributed by atoms with van der Waals surface area (Å²) in [7, 11) is 0. The zero-order valence-corrected chi connectivity index (χ0v) is 14.4. The number of aryl methyl sites for hydroxylation is 1. The van der Waals surface area contributed by atoms with E-state index >= 15 is 0 Å². The molecule has 1 aromatic heterocycles. The Morgan fingerprint density at radius 1 is 1.32 bits per heavy atom. The highest BCUT2D eigenvalue weighted by molar-refractivity contribution is 5.80. The summed E-state index contributed by atoms with van der Waals surface area (Å²) in [4.78, 5) is 7.26. The quantitative estimate of drug-likeness (QED) is 0.627. The second-order valence-electron chi connectivity index (χ2n) is 6.23. The molecule has 0 saturated carbocycles. The first-order chi connectivity index (χ1) is 10.6. The molecule has 124 valence electrons. The van der Waals surface area contributed by atoms with Crippen molar-refractivity contribution < 1.29 is 4.42 Å². The Kier molecular flexibility index (Phi) is 6.31. The predicted octanol–water partition coefficient (Wildman–Crippen LogP) is 2.69. The number of furan rings is 1. The number of nitrogens with zero attached hydrogens (tertiary/aromatic N) is 2. The Morgan fingerprint density at radius 2 is 2.05 bits per heavy atom. The average molecular weight is 306 g/mol. The van der Waals surface area contributed by atoms with Crippen molar-refractivity contribution >= 4 is 5.96 Å². The van der Waals surface area contributed by atoms with Crippen molar-refractivity contribution in [2.24, 2.45) is 4.99 Å². The van der Waals surface area contributed by atoms with Crippen LogP contribution in [-0.4, -0.2) is 43.1 Å². The van der Waals surface area contributed by atoms with Crippen LogP contribution >= 0.6 is 0 Å². The number of rotatable bonds is 6. The molecule has 0 aromatic carbocycles. The lowest BCUT2D eigenvalue weighted by molar-refractivity contribution is 0.219. The van der Waals surface area contributed by atoms with Gasteiger partial charge in [0.2, 0.25) is 0 Å². The second kappa shape index (κ2) is 8.22. The third kappa shape index (κ3) is 4.77. The van der Waals surface area contributed by atoms with Crippen molar-refractivity contribution in [3.63, 3.8) is 0 Å². The van der Waals surface area contributed by atoms with Crippen LogP contribution in [0.25, 0.3) is 0 Å². The Bertz CT molecular complexity index is 475. The van der Waals surface area contributed by atoms with Crippen LogP contribution in [0.15, 0.2) is 21.5 Å². The van der Waals surface area contributed by atoms with Crippen LogP contribution in [0.4, 0.5) is 0 Å². The Hall–Kier alpha value is -1.49. The number of hydrogen-bond acceptors (Lipinski definition) is 3. The van der Waals surface area contributed by atoms with Crippen LogP contribution in [-0.2, 0) is 0 Å². The molecule has 2 N–H and O–H groups in total. The Labute approximate surface area is 134 Å². The number of nitrogens with one attached hydrogen (secondary N) is 2. The van der Waals surface area contributed by atoms with Gasteiger partial charge in [-0.15, -0.1) is 0 Å². The molecule has 5 nitrogen and oxygen atoms in total. The van der Waals surface area contributed by atoms with E-state index in [9.17, 15) is 0 Å². The molecule has 5 heteroatoms. The van der Waals surface area contributed by atoms with E-state index in [1.807, 2.05) is 13.0 Å². The van der Waals surface area contributed by atoms with Crippen molar-refractivity contribution in [2.45, 2.75) is 52.6 Å². The molecular weight excluding hydrogens is 276 g/mol. The summed E-state index contributed by atoms with van der Waals surface area (Å²) in [6, 6.07) is 4.74. The molecule has 2 heterocycles. The molecule has 1 aliphatic heterocycles. The van der Waals surface area contributed by atoms with E-state index in [1.54, 1.807) is 0 Å². The summed E-state index contributed by atoms with van der Waals surface area (Å²) in [5, 5.41) is 6.68. The fraction of sp³-hybridized carbons (Fsp3) is 0.706. The normalized spacial score (nSPS) is 18.0. The second-order valence-corrected chi connectivity index (χ2v) is 6.23. The summed E-state index contributed by atoms with van der Waals surface area (Å²) >= 11 is 0.